The third-order valence-electron chi connectivity index (χ3n) is 4.39. The van der Waals surface area contributed by atoms with E-state index in [1.54, 1.807) is 18.5 Å². The number of hydrogen-bond acceptors (Lipinski definition) is 4. The van der Waals surface area contributed by atoms with E-state index < -0.39 is 0 Å². The number of aromatic nitrogens is 2. The number of nitrogens with two attached hydrogens (primary N) is 1. The highest BCUT2D eigenvalue weighted by Crippen LogP contribution is 2.39. The van der Waals surface area contributed by atoms with E-state index in [9.17, 15) is 4.79 Å². The molecule has 0 spiro atoms. The Morgan fingerprint density at radius 2 is 2.10 bits per heavy atom. The molecule has 20 heavy (non-hydrogen) atoms. The predicted octanol–water partition coefficient (Wildman–Crippen LogP) is 1.49. The fraction of sp³-hybridized carbons (Fsp3) is 0.400. The summed E-state index contributed by atoms with van der Waals surface area (Å²) in [4.78, 5) is 20.9. The molecule has 5 nitrogen and oxygen atoms in total. The van der Waals surface area contributed by atoms with E-state index in [1.807, 2.05) is 12.1 Å². The lowest BCUT2D eigenvalue weighted by molar-refractivity contribution is 0.0587. The molecule has 3 rings (SSSR count). The number of nitrogens with zero attached hydrogens (tertiary/aromatic N) is 2. The second-order valence-electron chi connectivity index (χ2n) is 5.92. The van der Waals surface area contributed by atoms with Gasteiger partial charge in [0.05, 0.1) is 11.1 Å². The summed E-state index contributed by atoms with van der Waals surface area (Å²) in [6.45, 7) is 4.16. The van der Waals surface area contributed by atoms with Crippen LogP contribution in [-0.4, -0.2) is 28.0 Å². The highest BCUT2D eigenvalue weighted by Gasteiger charge is 2.46. The van der Waals surface area contributed by atoms with Crippen LogP contribution in [0.3, 0.4) is 0 Å². The third-order valence-corrected chi connectivity index (χ3v) is 4.39. The SMILES string of the molecule is CC1(C)C(N)CC1NC(=O)c1cccc2nccnc12. The molecule has 1 saturated carbocycles. The molecule has 2 aromatic rings. The molecule has 5 heteroatoms. The van der Waals surface area contributed by atoms with Crippen molar-refractivity contribution in [2.24, 2.45) is 11.1 Å². The Labute approximate surface area is 117 Å². The van der Waals surface area contributed by atoms with Gasteiger partial charge in [-0.15, -0.1) is 0 Å². The van der Waals surface area contributed by atoms with Crippen LogP contribution >= 0.6 is 0 Å². The number of fused-ring (bicyclic) bond motifs is 1. The fourth-order valence-electron chi connectivity index (χ4n) is 2.62. The Morgan fingerprint density at radius 1 is 1.35 bits per heavy atom. The van der Waals surface area contributed by atoms with Gasteiger partial charge in [0.1, 0.15) is 5.52 Å². The van der Waals surface area contributed by atoms with Crippen molar-refractivity contribution in [2.45, 2.75) is 32.4 Å². The molecular weight excluding hydrogens is 252 g/mol. The van der Waals surface area contributed by atoms with Crippen molar-refractivity contribution >= 4 is 16.9 Å². The molecule has 1 amide bonds. The van der Waals surface area contributed by atoms with Crippen LogP contribution in [0.5, 0.6) is 0 Å². The maximum Gasteiger partial charge on any atom is 0.253 e. The third kappa shape index (κ3) is 1.94. The molecule has 1 heterocycles. The molecule has 1 aromatic heterocycles. The standard InChI is InChI=1S/C15H18N4O/c1-15(2)11(16)8-12(15)19-14(20)9-4-3-5-10-13(9)18-7-6-17-10/h3-7,11-12H,8,16H2,1-2H3,(H,19,20). The van der Waals surface area contributed by atoms with Crippen LogP contribution in [0.4, 0.5) is 0 Å². The second-order valence-corrected chi connectivity index (χ2v) is 5.92. The monoisotopic (exact) mass is 270 g/mol. The Balaban J connectivity index is 1.87. The largest absolute Gasteiger partial charge is 0.349 e. The number of carbonyl (C=O) groups excluding carboxylic acids is 1. The number of hydrogen-bond donors (Lipinski definition) is 2. The molecular formula is C15H18N4O. The van der Waals surface area contributed by atoms with Gasteiger partial charge >= 0.3 is 0 Å². The van der Waals surface area contributed by atoms with E-state index in [0.717, 1.165) is 11.9 Å². The quantitative estimate of drug-likeness (QED) is 0.866. The topological polar surface area (TPSA) is 80.9 Å². The maximum absolute atomic E-state index is 12.4. The molecule has 1 fully saturated rings. The average molecular weight is 270 g/mol. The van der Waals surface area contributed by atoms with Crippen molar-refractivity contribution < 1.29 is 4.79 Å². The summed E-state index contributed by atoms with van der Waals surface area (Å²) < 4.78 is 0. The van der Waals surface area contributed by atoms with Crippen molar-refractivity contribution in [1.29, 1.82) is 0 Å². The van der Waals surface area contributed by atoms with Crippen molar-refractivity contribution in [2.75, 3.05) is 0 Å². The number of rotatable bonds is 2. The highest BCUT2D eigenvalue weighted by atomic mass is 16.1. The van der Waals surface area contributed by atoms with Gasteiger partial charge in [0, 0.05) is 29.9 Å². The van der Waals surface area contributed by atoms with Crippen molar-refractivity contribution in [3.63, 3.8) is 0 Å². The van der Waals surface area contributed by atoms with E-state index in [0.29, 0.717) is 11.1 Å². The van der Waals surface area contributed by atoms with Gasteiger partial charge in [-0.1, -0.05) is 19.9 Å². The minimum absolute atomic E-state index is 0.0636. The maximum atomic E-state index is 12.4. The zero-order valence-electron chi connectivity index (χ0n) is 11.6. The molecule has 0 aliphatic heterocycles. The van der Waals surface area contributed by atoms with Crippen LogP contribution < -0.4 is 11.1 Å². The van der Waals surface area contributed by atoms with E-state index >= 15 is 0 Å². The Kier molecular flexibility index (Phi) is 2.94. The molecule has 1 aliphatic carbocycles. The van der Waals surface area contributed by atoms with E-state index in [4.69, 9.17) is 5.73 Å². The summed E-state index contributed by atoms with van der Waals surface area (Å²) >= 11 is 0. The first-order chi connectivity index (χ1) is 9.50. The van der Waals surface area contributed by atoms with E-state index in [2.05, 4.69) is 29.1 Å². The number of para-hydroxylation sites is 1. The number of amides is 1. The molecule has 0 radical (unpaired) electrons. The molecule has 1 aromatic carbocycles. The summed E-state index contributed by atoms with van der Waals surface area (Å²) in [7, 11) is 0. The molecule has 3 N–H and O–H groups in total. The highest BCUT2D eigenvalue weighted by molar-refractivity contribution is 6.04. The Morgan fingerprint density at radius 3 is 2.80 bits per heavy atom. The van der Waals surface area contributed by atoms with Crippen LogP contribution in [0, 0.1) is 5.41 Å². The lowest BCUT2D eigenvalue weighted by Crippen LogP contribution is -2.64. The van der Waals surface area contributed by atoms with Gasteiger partial charge in [0.25, 0.3) is 5.91 Å². The fourth-order valence-corrected chi connectivity index (χ4v) is 2.62. The van der Waals surface area contributed by atoms with E-state index in [1.165, 1.54) is 0 Å². The van der Waals surface area contributed by atoms with Gasteiger partial charge in [-0.2, -0.15) is 0 Å². The predicted molar refractivity (Wildman–Crippen MR) is 77.2 cm³/mol. The van der Waals surface area contributed by atoms with E-state index in [-0.39, 0.29) is 23.4 Å². The van der Waals surface area contributed by atoms with Crippen molar-refractivity contribution in [3.8, 4) is 0 Å². The average Bonchev–Trinajstić information content (AvgIpc) is 2.46. The zero-order chi connectivity index (χ0) is 14.3. The van der Waals surface area contributed by atoms with Gasteiger partial charge in [-0.25, -0.2) is 0 Å². The number of benzene rings is 1. The number of carbonyl (C=O) groups is 1. The summed E-state index contributed by atoms with van der Waals surface area (Å²) in [6.07, 6.45) is 4.04. The van der Waals surface area contributed by atoms with Crippen LogP contribution in [0.2, 0.25) is 0 Å². The molecule has 1 aliphatic rings. The first-order valence-corrected chi connectivity index (χ1v) is 6.76. The van der Waals surface area contributed by atoms with Crippen LogP contribution in [0.15, 0.2) is 30.6 Å². The molecule has 0 saturated heterocycles. The normalized spacial score (nSPS) is 24.1. The molecule has 104 valence electrons. The number of nitrogens with one attached hydrogen (secondary N) is 1. The first-order valence-electron chi connectivity index (χ1n) is 6.76. The molecule has 2 atom stereocenters. The lowest BCUT2D eigenvalue weighted by Gasteiger charge is -2.50. The molecule has 0 bridgehead atoms. The van der Waals surface area contributed by atoms with Crippen molar-refractivity contribution in [1.82, 2.24) is 15.3 Å². The van der Waals surface area contributed by atoms with Gasteiger partial charge in [0.2, 0.25) is 0 Å². The Hall–Kier alpha value is -2.01. The van der Waals surface area contributed by atoms with Gasteiger partial charge in [-0.3, -0.25) is 14.8 Å². The van der Waals surface area contributed by atoms with Gasteiger partial charge in [-0.05, 0) is 18.6 Å². The second kappa shape index (κ2) is 4.52. The lowest BCUT2D eigenvalue weighted by atomic mass is 9.63. The van der Waals surface area contributed by atoms with Crippen LogP contribution in [0.25, 0.3) is 11.0 Å². The summed E-state index contributed by atoms with van der Waals surface area (Å²) in [5, 5.41) is 3.06. The molecule has 2 unspecified atom stereocenters. The first kappa shape index (κ1) is 13.0. The Bertz CT molecular complexity index is 662. The van der Waals surface area contributed by atoms with Crippen LogP contribution in [-0.2, 0) is 0 Å². The smallest absolute Gasteiger partial charge is 0.253 e. The van der Waals surface area contributed by atoms with Crippen molar-refractivity contribution in [3.05, 3.63) is 36.2 Å². The minimum atomic E-state index is -0.110. The van der Waals surface area contributed by atoms with Gasteiger partial charge < -0.3 is 11.1 Å². The minimum Gasteiger partial charge on any atom is -0.349 e. The summed E-state index contributed by atoms with van der Waals surface area (Å²) in [6, 6.07) is 5.70. The van der Waals surface area contributed by atoms with Crippen LogP contribution in [0.1, 0.15) is 30.6 Å². The summed E-state index contributed by atoms with van der Waals surface area (Å²) in [5.41, 5.74) is 7.84. The zero-order valence-corrected chi connectivity index (χ0v) is 11.6. The van der Waals surface area contributed by atoms with Gasteiger partial charge in [0.15, 0.2) is 0 Å². The summed E-state index contributed by atoms with van der Waals surface area (Å²) in [5.74, 6) is -0.110.